The van der Waals surface area contributed by atoms with E-state index in [-0.39, 0.29) is 17.6 Å². The zero-order chi connectivity index (χ0) is 21.1. The van der Waals surface area contributed by atoms with Gasteiger partial charge in [-0.2, -0.15) is 0 Å². The Morgan fingerprint density at radius 1 is 1.13 bits per heavy atom. The van der Waals surface area contributed by atoms with Gasteiger partial charge in [-0.25, -0.2) is 17.7 Å². The van der Waals surface area contributed by atoms with Crippen LogP contribution in [0.4, 0.5) is 5.69 Å². The van der Waals surface area contributed by atoms with Crippen molar-refractivity contribution in [2.45, 2.75) is 26.2 Å². The molecular weight excluding hydrogens is 418 g/mol. The van der Waals surface area contributed by atoms with Crippen molar-refractivity contribution in [2.24, 2.45) is 5.92 Å². The minimum Gasteiger partial charge on any atom is -0.326 e. The summed E-state index contributed by atoms with van der Waals surface area (Å²) >= 11 is 1.70. The molecule has 0 aliphatic carbocycles. The van der Waals surface area contributed by atoms with Crippen LogP contribution >= 0.6 is 11.3 Å². The molecule has 2 aromatic carbocycles. The molecule has 1 saturated heterocycles. The number of aromatic nitrogens is 1. The number of para-hydroxylation sites is 1. The second-order valence-corrected chi connectivity index (χ2v) is 10.9. The lowest BCUT2D eigenvalue weighted by Crippen LogP contribution is -2.42. The highest BCUT2D eigenvalue weighted by Crippen LogP contribution is 2.25. The van der Waals surface area contributed by atoms with Crippen LogP contribution in [0.15, 0.2) is 48.5 Å². The molecule has 0 spiro atoms. The zero-order valence-electron chi connectivity index (χ0n) is 16.9. The lowest BCUT2D eigenvalue weighted by molar-refractivity contribution is -0.120. The summed E-state index contributed by atoms with van der Waals surface area (Å²) in [4.78, 5) is 17.3. The van der Waals surface area contributed by atoms with Gasteiger partial charge in [-0.05, 0) is 49.6 Å². The van der Waals surface area contributed by atoms with Gasteiger partial charge in [0.1, 0.15) is 0 Å². The molecule has 0 unspecified atom stereocenters. The normalized spacial score (nSPS) is 16.0. The van der Waals surface area contributed by atoms with Gasteiger partial charge in [0.15, 0.2) is 0 Å². The van der Waals surface area contributed by atoms with E-state index in [1.165, 1.54) is 9.01 Å². The maximum atomic E-state index is 12.6. The third-order valence-corrected chi connectivity index (χ3v) is 8.42. The highest BCUT2D eigenvalue weighted by atomic mass is 32.2. The van der Waals surface area contributed by atoms with Crippen molar-refractivity contribution in [3.05, 3.63) is 59.1 Å². The first-order valence-electron chi connectivity index (χ1n) is 10.2. The molecule has 8 heteroatoms. The molecule has 0 radical (unpaired) electrons. The highest BCUT2D eigenvalue weighted by molar-refractivity contribution is 7.89. The number of benzene rings is 2. The van der Waals surface area contributed by atoms with Gasteiger partial charge in [0.25, 0.3) is 0 Å². The number of amides is 1. The van der Waals surface area contributed by atoms with Crippen molar-refractivity contribution in [1.82, 2.24) is 9.29 Å². The summed E-state index contributed by atoms with van der Waals surface area (Å²) in [6.07, 6.45) is 1.87. The number of sulfonamides is 1. The number of thiazole rings is 1. The molecule has 1 aliphatic rings. The van der Waals surface area contributed by atoms with Crippen LogP contribution in [-0.4, -0.2) is 42.5 Å². The molecule has 1 aliphatic heterocycles. The summed E-state index contributed by atoms with van der Waals surface area (Å²) in [5.41, 5.74) is 2.93. The SMILES string of the molecule is CCS(=O)(=O)N1CCC(C(=O)Nc2ccc(Cc3nc4ccccc4s3)cc2)CC1. The monoisotopic (exact) mass is 443 g/mol. The summed E-state index contributed by atoms with van der Waals surface area (Å²) in [5, 5.41) is 4.04. The summed E-state index contributed by atoms with van der Waals surface area (Å²) < 4.78 is 26.6. The lowest BCUT2D eigenvalue weighted by Gasteiger charge is -2.30. The van der Waals surface area contributed by atoms with Crippen molar-refractivity contribution in [3.63, 3.8) is 0 Å². The van der Waals surface area contributed by atoms with Gasteiger partial charge in [-0.1, -0.05) is 24.3 Å². The molecule has 4 rings (SSSR count). The Morgan fingerprint density at radius 3 is 2.50 bits per heavy atom. The van der Waals surface area contributed by atoms with Crippen LogP contribution in [0.2, 0.25) is 0 Å². The molecule has 0 bridgehead atoms. The first kappa shape index (κ1) is 21.0. The number of piperidine rings is 1. The predicted octanol–water partition coefficient (Wildman–Crippen LogP) is 3.89. The van der Waals surface area contributed by atoms with E-state index < -0.39 is 10.0 Å². The standard InChI is InChI=1S/C22H25N3O3S2/c1-2-30(27,28)25-13-11-17(12-14-25)22(26)23-18-9-7-16(8-10-18)15-21-24-19-5-3-4-6-20(19)29-21/h3-10,17H,2,11-15H2,1H3,(H,23,26). The topological polar surface area (TPSA) is 79.4 Å². The van der Waals surface area contributed by atoms with E-state index in [1.54, 1.807) is 18.3 Å². The molecule has 158 valence electrons. The van der Waals surface area contributed by atoms with E-state index >= 15 is 0 Å². The fourth-order valence-electron chi connectivity index (χ4n) is 3.70. The number of carbonyl (C=O) groups excluding carboxylic acids is 1. The second-order valence-electron chi connectivity index (χ2n) is 7.51. The molecule has 1 aromatic heterocycles. The highest BCUT2D eigenvalue weighted by Gasteiger charge is 2.30. The van der Waals surface area contributed by atoms with Crippen LogP contribution in [-0.2, 0) is 21.2 Å². The van der Waals surface area contributed by atoms with Gasteiger partial charge >= 0.3 is 0 Å². The number of rotatable bonds is 6. The number of fused-ring (bicyclic) bond motifs is 1. The van der Waals surface area contributed by atoms with Crippen LogP contribution < -0.4 is 5.32 Å². The summed E-state index contributed by atoms with van der Waals surface area (Å²) in [5.74, 6) is -0.0917. The predicted molar refractivity (Wildman–Crippen MR) is 121 cm³/mol. The van der Waals surface area contributed by atoms with Gasteiger partial charge in [0.2, 0.25) is 15.9 Å². The Kier molecular flexibility index (Phi) is 6.17. The molecule has 6 nitrogen and oxygen atoms in total. The van der Waals surface area contributed by atoms with Crippen LogP contribution in [0, 0.1) is 5.92 Å². The summed E-state index contributed by atoms with van der Waals surface area (Å²) in [7, 11) is -3.17. The first-order valence-corrected chi connectivity index (χ1v) is 12.6. The summed E-state index contributed by atoms with van der Waals surface area (Å²) in [6, 6.07) is 16.0. The molecule has 1 fully saturated rings. The molecular formula is C22H25N3O3S2. The maximum absolute atomic E-state index is 12.6. The molecule has 3 aromatic rings. The average molecular weight is 444 g/mol. The number of anilines is 1. The minimum absolute atomic E-state index is 0.0394. The van der Waals surface area contributed by atoms with Gasteiger partial charge in [0.05, 0.1) is 21.0 Å². The number of carbonyl (C=O) groups is 1. The number of hydrogen-bond donors (Lipinski definition) is 1. The van der Waals surface area contributed by atoms with E-state index in [2.05, 4.69) is 16.4 Å². The second kappa shape index (κ2) is 8.83. The van der Waals surface area contributed by atoms with Crippen molar-refractivity contribution >= 4 is 43.2 Å². The van der Waals surface area contributed by atoms with Crippen LogP contribution in [0.25, 0.3) is 10.2 Å². The van der Waals surface area contributed by atoms with Crippen LogP contribution in [0.3, 0.4) is 0 Å². The van der Waals surface area contributed by atoms with Crippen LogP contribution in [0.5, 0.6) is 0 Å². The Labute approximate surface area is 181 Å². The van der Waals surface area contributed by atoms with Gasteiger partial charge < -0.3 is 5.32 Å². The molecule has 2 heterocycles. The van der Waals surface area contributed by atoms with Gasteiger partial charge in [-0.3, -0.25) is 4.79 Å². The smallest absolute Gasteiger partial charge is 0.227 e. The largest absolute Gasteiger partial charge is 0.326 e. The fraction of sp³-hybridized carbons (Fsp3) is 0.364. The number of nitrogens with zero attached hydrogens (tertiary/aromatic N) is 2. The third-order valence-electron chi connectivity index (χ3n) is 5.50. The Bertz CT molecular complexity index is 1100. The lowest BCUT2D eigenvalue weighted by atomic mass is 9.97. The van der Waals surface area contributed by atoms with E-state index in [4.69, 9.17) is 0 Å². The van der Waals surface area contributed by atoms with Crippen molar-refractivity contribution in [1.29, 1.82) is 0 Å². The summed E-state index contributed by atoms with van der Waals surface area (Å²) in [6.45, 7) is 2.47. The van der Waals surface area contributed by atoms with Crippen molar-refractivity contribution in [2.75, 3.05) is 24.2 Å². The molecule has 1 amide bonds. The fourth-order valence-corrected chi connectivity index (χ4v) is 5.83. The molecule has 0 atom stereocenters. The molecule has 30 heavy (non-hydrogen) atoms. The first-order chi connectivity index (χ1) is 14.4. The van der Waals surface area contributed by atoms with Crippen molar-refractivity contribution < 1.29 is 13.2 Å². The van der Waals surface area contributed by atoms with E-state index in [1.807, 2.05) is 42.5 Å². The van der Waals surface area contributed by atoms with E-state index in [0.29, 0.717) is 25.9 Å². The molecule has 0 saturated carbocycles. The minimum atomic E-state index is -3.17. The third kappa shape index (κ3) is 4.71. The zero-order valence-corrected chi connectivity index (χ0v) is 18.5. The maximum Gasteiger partial charge on any atom is 0.227 e. The van der Waals surface area contributed by atoms with E-state index in [9.17, 15) is 13.2 Å². The van der Waals surface area contributed by atoms with Gasteiger partial charge in [0, 0.05) is 31.1 Å². The Morgan fingerprint density at radius 2 is 1.83 bits per heavy atom. The van der Waals surface area contributed by atoms with Gasteiger partial charge in [-0.15, -0.1) is 11.3 Å². The average Bonchev–Trinajstić information content (AvgIpc) is 3.17. The van der Waals surface area contributed by atoms with Crippen molar-refractivity contribution in [3.8, 4) is 0 Å². The number of nitrogens with one attached hydrogen (secondary N) is 1. The quantitative estimate of drug-likeness (QED) is 0.627. The van der Waals surface area contributed by atoms with E-state index in [0.717, 1.165) is 28.2 Å². The Hall–Kier alpha value is -2.29. The Balaban J connectivity index is 1.33. The number of hydrogen-bond acceptors (Lipinski definition) is 5. The van der Waals surface area contributed by atoms with Crippen LogP contribution in [0.1, 0.15) is 30.3 Å². The molecule has 1 N–H and O–H groups in total.